The summed E-state index contributed by atoms with van der Waals surface area (Å²) in [5.74, 6) is -0.497. The Bertz CT molecular complexity index is 1420. The minimum Gasteiger partial charge on any atom is -0.422 e. The van der Waals surface area contributed by atoms with Gasteiger partial charge >= 0.3 is 5.97 Å². The Morgan fingerprint density at radius 3 is 2.19 bits per heavy atom. The second-order valence-corrected chi connectivity index (χ2v) is 7.24. The fraction of sp³-hybridized carbons (Fsp3) is 0.0417. The number of aromatic nitrogens is 3. The predicted octanol–water partition coefficient (Wildman–Crippen LogP) is 4.76. The van der Waals surface area contributed by atoms with Crippen LogP contribution in [0.2, 0.25) is 0 Å². The number of rotatable bonds is 5. The van der Waals surface area contributed by atoms with Gasteiger partial charge in [0, 0.05) is 12.1 Å². The van der Waals surface area contributed by atoms with Crippen molar-refractivity contribution in [2.24, 2.45) is 0 Å². The summed E-state index contributed by atoms with van der Waals surface area (Å²) in [7, 11) is 0. The van der Waals surface area contributed by atoms with Crippen molar-refractivity contribution in [2.75, 3.05) is 0 Å². The summed E-state index contributed by atoms with van der Waals surface area (Å²) < 4.78 is 6.86. The summed E-state index contributed by atoms with van der Waals surface area (Å²) in [6.45, 7) is 0.430. The summed E-state index contributed by atoms with van der Waals surface area (Å²) >= 11 is 0. The number of nitrogens with zero attached hydrogens (tertiary/aromatic N) is 4. The maximum absolute atomic E-state index is 12.5. The first-order valence-corrected chi connectivity index (χ1v) is 9.84. The molecular weight excluding hydrogens is 408 g/mol. The van der Waals surface area contributed by atoms with Crippen molar-refractivity contribution in [1.29, 1.82) is 0 Å². The lowest BCUT2D eigenvalue weighted by Crippen LogP contribution is -2.09. The van der Waals surface area contributed by atoms with Crippen LogP contribution in [0.25, 0.3) is 21.5 Å². The quantitative estimate of drug-likeness (QED) is 0.133. The average molecular weight is 424 g/mol. The Labute approximate surface area is 181 Å². The number of ether oxygens (including phenoxy) is 1. The number of hydrogen-bond donors (Lipinski definition) is 0. The molecule has 8 nitrogen and oxygen atoms in total. The number of carbonyl (C=O) groups excluding carboxylic acids is 1. The third-order valence-corrected chi connectivity index (χ3v) is 5.21. The highest BCUT2D eigenvalue weighted by molar-refractivity contribution is 6.02. The minimum absolute atomic E-state index is 0.0490. The number of esters is 1. The summed E-state index contributed by atoms with van der Waals surface area (Å²) in [6, 6.07) is 23.7. The Hall–Kier alpha value is -4.59. The van der Waals surface area contributed by atoms with E-state index < -0.39 is 10.9 Å². The Morgan fingerprint density at radius 1 is 0.938 bits per heavy atom. The van der Waals surface area contributed by atoms with Gasteiger partial charge in [-0.3, -0.25) is 10.1 Å². The molecule has 0 radical (unpaired) electrons. The fourth-order valence-corrected chi connectivity index (χ4v) is 3.70. The van der Waals surface area contributed by atoms with E-state index in [1.54, 1.807) is 4.68 Å². The summed E-state index contributed by atoms with van der Waals surface area (Å²) in [4.78, 5) is 22.7. The topological polar surface area (TPSA) is 100 Å². The number of non-ortho nitro benzene ring substituents is 1. The Kier molecular flexibility index (Phi) is 4.79. The van der Waals surface area contributed by atoms with Gasteiger partial charge in [0.15, 0.2) is 5.69 Å². The number of hydrogen-bond acceptors (Lipinski definition) is 6. The molecule has 0 aliphatic rings. The number of nitro groups is 1. The summed E-state index contributed by atoms with van der Waals surface area (Å²) in [5, 5.41) is 23.3. The van der Waals surface area contributed by atoms with Gasteiger partial charge in [0.25, 0.3) is 5.69 Å². The first kappa shape index (κ1) is 19.4. The zero-order valence-corrected chi connectivity index (χ0v) is 16.7. The molecule has 32 heavy (non-hydrogen) atoms. The second kappa shape index (κ2) is 7.92. The lowest BCUT2D eigenvalue weighted by molar-refractivity contribution is -0.384. The molecule has 4 aromatic carbocycles. The smallest absolute Gasteiger partial charge is 0.365 e. The van der Waals surface area contributed by atoms with Crippen LogP contribution in [0.5, 0.6) is 5.75 Å². The molecule has 0 spiro atoms. The molecule has 5 aromatic rings. The molecule has 0 saturated carbocycles. The molecule has 1 heterocycles. The third-order valence-electron chi connectivity index (χ3n) is 5.21. The van der Waals surface area contributed by atoms with Gasteiger partial charge in [0.1, 0.15) is 5.75 Å². The molecular formula is C24H16N4O4. The van der Waals surface area contributed by atoms with Crippen molar-refractivity contribution in [1.82, 2.24) is 15.0 Å². The Balaban J connectivity index is 1.42. The average Bonchev–Trinajstić information content (AvgIpc) is 3.28. The number of fused-ring (bicyclic) bond motifs is 2. The van der Waals surface area contributed by atoms with Crippen molar-refractivity contribution < 1.29 is 14.5 Å². The predicted molar refractivity (Wildman–Crippen MR) is 119 cm³/mol. The van der Waals surface area contributed by atoms with E-state index in [1.165, 1.54) is 30.5 Å². The molecule has 0 N–H and O–H groups in total. The molecule has 0 amide bonds. The van der Waals surface area contributed by atoms with Crippen molar-refractivity contribution in [2.45, 2.75) is 6.54 Å². The highest BCUT2D eigenvalue weighted by atomic mass is 16.6. The lowest BCUT2D eigenvalue weighted by atomic mass is 9.97. The maximum Gasteiger partial charge on any atom is 0.365 e. The van der Waals surface area contributed by atoms with Crippen LogP contribution in [0, 0.1) is 10.1 Å². The van der Waals surface area contributed by atoms with Gasteiger partial charge in [-0.25, -0.2) is 9.48 Å². The normalized spacial score (nSPS) is 11.0. The van der Waals surface area contributed by atoms with Gasteiger partial charge in [-0.2, -0.15) is 0 Å². The number of benzene rings is 4. The van der Waals surface area contributed by atoms with Crippen LogP contribution in [0.3, 0.4) is 0 Å². The molecule has 0 bridgehead atoms. The van der Waals surface area contributed by atoms with Crippen molar-refractivity contribution in [3.05, 3.63) is 106 Å². The van der Waals surface area contributed by atoms with Crippen LogP contribution in [0.15, 0.2) is 85.1 Å². The molecule has 1 aromatic heterocycles. The van der Waals surface area contributed by atoms with E-state index in [9.17, 15) is 14.9 Å². The zero-order chi connectivity index (χ0) is 22.1. The van der Waals surface area contributed by atoms with E-state index in [1.807, 2.05) is 24.3 Å². The molecule has 156 valence electrons. The summed E-state index contributed by atoms with van der Waals surface area (Å²) in [5.41, 5.74) is 1.05. The second-order valence-electron chi connectivity index (χ2n) is 7.24. The van der Waals surface area contributed by atoms with Crippen molar-refractivity contribution in [3.8, 4) is 5.75 Å². The molecule has 0 saturated heterocycles. The maximum atomic E-state index is 12.5. The van der Waals surface area contributed by atoms with Crippen LogP contribution in [0.1, 0.15) is 16.1 Å². The van der Waals surface area contributed by atoms with E-state index in [-0.39, 0.29) is 17.1 Å². The molecule has 8 heteroatoms. The van der Waals surface area contributed by atoms with Gasteiger partial charge in [-0.15, -0.1) is 5.10 Å². The molecule has 0 atom stereocenters. The monoisotopic (exact) mass is 424 g/mol. The largest absolute Gasteiger partial charge is 0.422 e. The van der Waals surface area contributed by atoms with E-state index in [2.05, 4.69) is 40.6 Å². The summed E-state index contributed by atoms with van der Waals surface area (Å²) in [6.07, 6.45) is 1.53. The van der Waals surface area contributed by atoms with Crippen molar-refractivity contribution in [3.63, 3.8) is 0 Å². The van der Waals surface area contributed by atoms with Gasteiger partial charge in [-0.1, -0.05) is 53.7 Å². The number of nitro benzene ring substituents is 1. The van der Waals surface area contributed by atoms with Crippen LogP contribution in [0.4, 0.5) is 5.69 Å². The first-order valence-electron chi connectivity index (χ1n) is 9.84. The van der Waals surface area contributed by atoms with E-state index in [0.29, 0.717) is 6.54 Å². The van der Waals surface area contributed by atoms with E-state index in [0.717, 1.165) is 27.1 Å². The lowest BCUT2D eigenvalue weighted by Gasteiger charge is -2.11. The SMILES string of the molecule is O=C(Oc1ccc([N+](=O)[O-])cc1)c1cn(Cc2c3ccccc3cc3ccccc23)nn1. The van der Waals surface area contributed by atoms with Crippen LogP contribution < -0.4 is 4.74 Å². The van der Waals surface area contributed by atoms with Gasteiger partial charge in [0.05, 0.1) is 17.7 Å². The molecule has 0 aliphatic heterocycles. The van der Waals surface area contributed by atoms with E-state index in [4.69, 9.17) is 4.74 Å². The van der Waals surface area contributed by atoms with Gasteiger partial charge in [0.2, 0.25) is 0 Å². The number of carbonyl (C=O) groups is 1. The zero-order valence-electron chi connectivity index (χ0n) is 16.7. The Morgan fingerprint density at radius 2 is 1.56 bits per heavy atom. The van der Waals surface area contributed by atoms with Crippen LogP contribution >= 0.6 is 0 Å². The molecule has 0 unspecified atom stereocenters. The molecule has 0 fully saturated rings. The molecule has 5 rings (SSSR count). The van der Waals surface area contributed by atoms with Crippen molar-refractivity contribution >= 4 is 33.2 Å². The highest BCUT2D eigenvalue weighted by Gasteiger charge is 2.16. The molecule has 0 aliphatic carbocycles. The first-order chi connectivity index (χ1) is 15.6. The van der Waals surface area contributed by atoms with Gasteiger partial charge < -0.3 is 4.74 Å². The third kappa shape index (κ3) is 3.65. The van der Waals surface area contributed by atoms with Gasteiger partial charge in [-0.05, 0) is 45.3 Å². The van der Waals surface area contributed by atoms with Crippen LogP contribution in [-0.4, -0.2) is 25.9 Å². The highest BCUT2D eigenvalue weighted by Crippen LogP contribution is 2.29. The van der Waals surface area contributed by atoms with E-state index >= 15 is 0 Å². The van der Waals surface area contributed by atoms with Crippen LogP contribution in [-0.2, 0) is 6.54 Å². The minimum atomic E-state index is -0.687. The fourth-order valence-electron chi connectivity index (χ4n) is 3.70. The standard InChI is InChI=1S/C24H16N4O4/c29-24(32-19-11-9-18(10-12-19)28(30)31)23-15-27(26-25-23)14-22-20-7-3-1-5-16(20)13-17-6-2-4-8-21(17)22/h1-13,15H,14H2.